The summed E-state index contributed by atoms with van der Waals surface area (Å²) in [4.78, 5) is 12.2. The molecule has 2 N–H and O–H groups in total. The summed E-state index contributed by atoms with van der Waals surface area (Å²) in [6.45, 7) is 4.21. The Hall–Kier alpha value is -1.49. The fourth-order valence-electron chi connectivity index (χ4n) is 2.19. The molecule has 0 bridgehead atoms. The SMILES string of the molecule is CCC1(C(=O)NCc2cccnn2)CCNC1. The lowest BCUT2D eigenvalue weighted by Gasteiger charge is -2.24. The Morgan fingerprint density at radius 2 is 2.53 bits per heavy atom. The summed E-state index contributed by atoms with van der Waals surface area (Å²) in [6.07, 6.45) is 3.40. The Bertz CT molecular complexity index is 373. The summed E-state index contributed by atoms with van der Waals surface area (Å²) < 4.78 is 0. The second kappa shape index (κ2) is 5.23. The first-order chi connectivity index (χ1) is 8.27. The van der Waals surface area contributed by atoms with Crippen molar-refractivity contribution >= 4 is 5.91 Å². The maximum Gasteiger partial charge on any atom is 0.227 e. The van der Waals surface area contributed by atoms with E-state index in [1.807, 2.05) is 12.1 Å². The lowest BCUT2D eigenvalue weighted by atomic mass is 9.83. The quantitative estimate of drug-likeness (QED) is 0.795. The second-order valence-electron chi connectivity index (χ2n) is 4.46. The minimum atomic E-state index is -0.234. The van der Waals surface area contributed by atoms with Crippen LogP contribution in [0.25, 0.3) is 0 Å². The molecule has 92 valence electrons. The Balaban J connectivity index is 1.93. The van der Waals surface area contributed by atoms with E-state index >= 15 is 0 Å². The summed E-state index contributed by atoms with van der Waals surface area (Å²) in [5.41, 5.74) is 0.556. The zero-order valence-electron chi connectivity index (χ0n) is 10.1. The van der Waals surface area contributed by atoms with Crippen LogP contribution in [0.3, 0.4) is 0 Å². The molecule has 1 unspecified atom stereocenters. The number of nitrogens with zero attached hydrogens (tertiary/aromatic N) is 2. The van der Waals surface area contributed by atoms with Crippen LogP contribution in [0.15, 0.2) is 18.3 Å². The third-order valence-electron chi connectivity index (χ3n) is 3.46. The molecule has 1 fully saturated rings. The van der Waals surface area contributed by atoms with Crippen molar-refractivity contribution in [1.82, 2.24) is 20.8 Å². The molecular formula is C12H18N4O. The average Bonchev–Trinajstić information content (AvgIpc) is 2.87. The van der Waals surface area contributed by atoms with Gasteiger partial charge in [0.05, 0.1) is 17.7 Å². The van der Waals surface area contributed by atoms with Gasteiger partial charge in [-0.1, -0.05) is 6.92 Å². The molecule has 2 heterocycles. The molecule has 0 radical (unpaired) electrons. The fourth-order valence-corrected chi connectivity index (χ4v) is 2.19. The highest BCUT2D eigenvalue weighted by atomic mass is 16.2. The number of carbonyl (C=O) groups is 1. The van der Waals surface area contributed by atoms with Crippen LogP contribution >= 0.6 is 0 Å². The largest absolute Gasteiger partial charge is 0.350 e. The summed E-state index contributed by atoms with van der Waals surface area (Å²) >= 11 is 0. The van der Waals surface area contributed by atoms with Crippen LogP contribution in [0.1, 0.15) is 25.5 Å². The van der Waals surface area contributed by atoms with Gasteiger partial charge in [0.25, 0.3) is 0 Å². The zero-order chi connectivity index (χ0) is 12.1. The molecule has 17 heavy (non-hydrogen) atoms. The summed E-state index contributed by atoms with van der Waals surface area (Å²) in [6, 6.07) is 3.68. The molecule has 2 rings (SSSR count). The number of hydrogen-bond donors (Lipinski definition) is 2. The Morgan fingerprint density at radius 3 is 3.12 bits per heavy atom. The van der Waals surface area contributed by atoms with Crippen LogP contribution < -0.4 is 10.6 Å². The fraction of sp³-hybridized carbons (Fsp3) is 0.583. The predicted molar refractivity (Wildman–Crippen MR) is 64.1 cm³/mol. The van der Waals surface area contributed by atoms with E-state index in [9.17, 15) is 4.79 Å². The maximum absolute atomic E-state index is 12.2. The number of rotatable bonds is 4. The number of amides is 1. The number of aromatic nitrogens is 2. The van der Waals surface area contributed by atoms with Crippen LogP contribution in [-0.2, 0) is 11.3 Å². The van der Waals surface area contributed by atoms with Gasteiger partial charge in [-0.15, -0.1) is 0 Å². The first-order valence-corrected chi connectivity index (χ1v) is 6.02. The number of hydrogen-bond acceptors (Lipinski definition) is 4. The molecule has 0 spiro atoms. The van der Waals surface area contributed by atoms with Gasteiger partial charge in [-0.2, -0.15) is 10.2 Å². The predicted octanol–water partition coefficient (Wildman–Crippen LogP) is 0.482. The average molecular weight is 234 g/mol. The van der Waals surface area contributed by atoms with Gasteiger partial charge < -0.3 is 10.6 Å². The maximum atomic E-state index is 12.2. The lowest BCUT2D eigenvalue weighted by Crippen LogP contribution is -2.41. The van der Waals surface area contributed by atoms with Gasteiger partial charge in [-0.05, 0) is 31.5 Å². The van der Waals surface area contributed by atoms with Crippen LogP contribution in [0.2, 0.25) is 0 Å². The highest BCUT2D eigenvalue weighted by Crippen LogP contribution is 2.29. The summed E-state index contributed by atoms with van der Waals surface area (Å²) in [5, 5.41) is 13.9. The van der Waals surface area contributed by atoms with E-state index in [-0.39, 0.29) is 11.3 Å². The molecule has 0 saturated carbocycles. The molecule has 1 amide bonds. The molecule has 0 aromatic carbocycles. The highest BCUT2D eigenvalue weighted by molar-refractivity contribution is 5.83. The standard InChI is InChI=1S/C12H18N4O/c1-2-12(5-7-13-9-12)11(17)14-8-10-4-3-6-15-16-10/h3-4,6,13H,2,5,7-9H2,1H3,(H,14,17). The molecule has 5 heteroatoms. The van der Waals surface area contributed by atoms with Crippen molar-refractivity contribution in [1.29, 1.82) is 0 Å². The first-order valence-electron chi connectivity index (χ1n) is 6.02. The van der Waals surface area contributed by atoms with E-state index < -0.39 is 0 Å². The van der Waals surface area contributed by atoms with E-state index in [0.717, 1.165) is 31.6 Å². The van der Waals surface area contributed by atoms with Gasteiger partial charge >= 0.3 is 0 Å². The van der Waals surface area contributed by atoms with Crippen molar-refractivity contribution in [2.45, 2.75) is 26.3 Å². The molecular weight excluding hydrogens is 216 g/mol. The third-order valence-corrected chi connectivity index (χ3v) is 3.46. The molecule has 0 aliphatic carbocycles. The van der Waals surface area contributed by atoms with Crippen molar-refractivity contribution in [3.8, 4) is 0 Å². The molecule has 1 aromatic heterocycles. The third kappa shape index (κ3) is 2.61. The van der Waals surface area contributed by atoms with E-state index in [1.54, 1.807) is 6.20 Å². The van der Waals surface area contributed by atoms with Crippen molar-refractivity contribution < 1.29 is 4.79 Å². The van der Waals surface area contributed by atoms with Gasteiger partial charge in [0.1, 0.15) is 0 Å². The smallest absolute Gasteiger partial charge is 0.227 e. The van der Waals surface area contributed by atoms with Crippen LogP contribution in [-0.4, -0.2) is 29.2 Å². The summed E-state index contributed by atoms with van der Waals surface area (Å²) in [5.74, 6) is 0.121. The molecule has 1 aliphatic heterocycles. The highest BCUT2D eigenvalue weighted by Gasteiger charge is 2.39. The van der Waals surface area contributed by atoms with Gasteiger partial charge in [0, 0.05) is 12.7 Å². The van der Waals surface area contributed by atoms with E-state index in [2.05, 4.69) is 27.8 Å². The normalized spacial score (nSPS) is 23.6. The second-order valence-corrected chi connectivity index (χ2v) is 4.46. The van der Waals surface area contributed by atoms with Crippen molar-refractivity contribution in [2.24, 2.45) is 5.41 Å². The molecule has 1 atom stereocenters. The number of carbonyl (C=O) groups excluding carboxylic acids is 1. The summed E-state index contributed by atoms with van der Waals surface area (Å²) in [7, 11) is 0. The van der Waals surface area contributed by atoms with Gasteiger partial charge in [-0.25, -0.2) is 0 Å². The minimum absolute atomic E-state index is 0.121. The lowest BCUT2D eigenvalue weighted by molar-refractivity contribution is -0.130. The molecule has 1 aromatic rings. The molecule has 1 saturated heterocycles. The Labute approximate surface area is 101 Å². The van der Waals surface area contributed by atoms with Gasteiger partial charge in [-0.3, -0.25) is 4.79 Å². The van der Waals surface area contributed by atoms with Gasteiger partial charge in [0.2, 0.25) is 5.91 Å². The monoisotopic (exact) mass is 234 g/mol. The van der Waals surface area contributed by atoms with Crippen molar-refractivity contribution in [3.63, 3.8) is 0 Å². The number of nitrogens with one attached hydrogen (secondary N) is 2. The topological polar surface area (TPSA) is 66.9 Å². The Morgan fingerprint density at radius 1 is 1.65 bits per heavy atom. The first kappa shape index (κ1) is 12.0. The Kier molecular flexibility index (Phi) is 3.68. The molecule has 5 nitrogen and oxygen atoms in total. The molecule has 1 aliphatic rings. The van der Waals surface area contributed by atoms with E-state index in [4.69, 9.17) is 0 Å². The van der Waals surface area contributed by atoms with Gasteiger partial charge in [0.15, 0.2) is 0 Å². The van der Waals surface area contributed by atoms with E-state index in [0.29, 0.717) is 6.54 Å². The van der Waals surface area contributed by atoms with Crippen LogP contribution in [0.4, 0.5) is 0 Å². The minimum Gasteiger partial charge on any atom is -0.350 e. The van der Waals surface area contributed by atoms with Crippen molar-refractivity contribution in [2.75, 3.05) is 13.1 Å². The van der Waals surface area contributed by atoms with Crippen LogP contribution in [0.5, 0.6) is 0 Å². The van der Waals surface area contributed by atoms with Crippen LogP contribution in [0, 0.1) is 5.41 Å². The zero-order valence-corrected chi connectivity index (χ0v) is 10.1. The van der Waals surface area contributed by atoms with E-state index in [1.165, 1.54) is 0 Å². The van der Waals surface area contributed by atoms with Crippen molar-refractivity contribution in [3.05, 3.63) is 24.0 Å².